The van der Waals surface area contributed by atoms with Crippen LogP contribution in [0.4, 0.5) is 5.69 Å². The lowest BCUT2D eigenvalue weighted by atomic mass is 10.3. The Morgan fingerprint density at radius 1 is 1.30 bits per heavy atom. The van der Waals surface area contributed by atoms with Crippen LogP contribution in [-0.2, 0) is 10.0 Å². The van der Waals surface area contributed by atoms with Crippen molar-refractivity contribution >= 4 is 33.0 Å². The van der Waals surface area contributed by atoms with Gasteiger partial charge in [-0.1, -0.05) is 6.07 Å². The van der Waals surface area contributed by atoms with Gasteiger partial charge >= 0.3 is 0 Å². The highest BCUT2D eigenvalue weighted by atomic mass is 32.2. The smallest absolute Gasteiger partial charge is 0.265 e. The molecule has 1 N–H and O–H groups in total. The van der Waals surface area contributed by atoms with Gasteiger partial charge in [0.1, 0.15) is 10.6 Å². The molecule has 0 bridgehead atoms. The van der Waals surface area contributed by atoms with Crippen molar-refractivity contribution in [1.29, 1.82) is 0 Å². The van der Waals surface area contributed by atoms with Crippen molar-refractivity contribution in [3.05, 3.63) is 40.6 Å². The Morgan fingerprint density at radius 2 is 2.04 bits per heavy atom. The first-order valence-electron chi connectivity index (χ1n) is 6.90. The quantitative estimate of drug-likeness (QED) is 0.865. The van der Waals surface area contributed by atoms with Gasteiger partial charge in [-0.15, -0.1) is 11.3 Å². The molecule has 2 rings (SSSR count). The third kappa shape index (κ3) is 3.90. The zero-order chi connectivity index (χ0) is 17.0. The van der Waals surface area contributed by atoms with Gasteiger partial charge in [0.15, 0.2) is 0 Å². The van der Waals surface area contributed by atoms with Gasteiger partial charge in [-0.05, 0) is 36.6 Å². The third-order valence-electron chi connectivity index (χ3n) is 3.01. The van der Waals surface area contributed by atoms with Crippen LogP contribution in [0, 0.1) is 0 Å². The van der Waals surface area contributed by atoms with E-state index in [1.54, 1.807) is 36.6 Å². The number of amides is 1. The molecule has 0 saturated heterocycles. The van der Waals surface area contributed by atoms with E-state index in [1.807, 2.05) is 0 Å². The normalized spacial score (nSPS) is 11.5. The molecule has 1 aromatic carbocycles. The van der Waals surface area contributed by atoms with Crippen molar-refractivity contribution < 1.29 is 17.9 Å². The van der Waals surface area contributed by atoms with Crippen LogP contribution in [0.2, 0.25) is 0 Å². The van der Waals surface area contributed by atoms with Crippen LogP contribution in [0.5, 0.6) is 5.75 Å². The summed E-state index contributed by atoms with van der Waals surface area (Å²) in [5, 5.41) is 4.50. The van der Waals surface area contributed by atoms with Gasteiger partial charge in [0, 0.05) is 19.8 Å². The fourth-order valence-electron chi connectivity index (χ4n) is 1.86. The molecule has 0 aliphatic rings. The Morgan fingerprint density at radius 3 is 2.61 bits per heavy atom. The molecule has 0 aliphatic heterocycles. The van der Waals surface area contributed by atoms with E-state index in [9.17, 15) is 13.2 Å². The molecule has 0 aliphatic carbocycles. The van der Waals surface area contributed by atoms with E-state index in [-0.39, 0.29) is 16.6 Å². The summed E-state index contributed by atoms with van der Waals surface area (Å²) in [7, 11) is -0.789. The standard InChI is InChI=1S/C15H18N2O4S2/c1-4-21-12-8-7-11(10-14(12)23(19,20)17(2)3)16-15(18)13-6-5-9-22-13/h5-10H,4H2,1-3H3,(H,16,18). The molecule has 1 amide bonds. The molecule has 0 spiro atoms. The number of nitrogens with one attached hydrogen (secondary N) is 1. The highest BCUT2D eigenvalue weighted by Gasteiger charge is 2.23. The number of hydrogen-bond acceptors (Lipinski definition) is 5. The van der Waals surface area contributed by atoms with Gasteiger partial charge in [0.25, 0.3) is 5.91 Å². The SMILES string of the molecule is CCOc1ccc(NC(=O)c2cccs2)cc1S(=O)(=O)N(C)C. The van der Waals surface area contributed by atoms with E-state index in [0.29, 0.717) is 17.2 Å². The monoisotopic (exact) mass is 354 g/mol. The summed E-state index contributed by atoms with van der Waals surface area (Å²) in [4.78, 5) is 12.7. The summed E-state index contributed by atoms with van der Waals surface area (Å²) in [6.07, 6.45) is 0. The maximum Gasteiger partial charge on any atom is 0.265 e. The lowest BCUT2D eigenvalue weighted by Crippen LogP contribution is -2.23. The van der Waals surface area contributed by atoms with E-state index in [1.165, 1.54) is 31.5 Å². The summed E-state index contributed by atoms with van der Waals surface area (Å²) in [6, 6.07) is 8.05. The summed E-state index contributed by atoms with van der Waals surface area (Å²) in [6.45, 7) is 2.12. The van der Waals surface area contributed by atoms with Crippen LogP contribution in [0.25, 0.3) is 0 Å². The predicted octanol–water partition coefficient (Wildman–Crippen LogP) is 2.65. The molecule has 1 aromatic heterocycles. The summed E-state index contributed by atoms with van der Waals surface area (Å²) in [5.41, 5.74) is 0.396. The number of carbonyl (C=O) groups excluding carboxylic acids is 1. The Bertz CT molecular complexity index is 784. The number of thiophene rings is 1. The van der Waals surface area contributed by atoms with Gasteiger partial charge in [0.2, 0.25) is 10.0 Å². The van der Waals surface area contributed by atoms with E-state index >= 15 is 0 Å². The van der Waals surface area contributed by atoms with Crippen molar-refractivity contribution in [2.45, 2.75) is 11.8 Å². The zero-order valence-corrected chi connectivity index (χ0v) is 14.7. The molecule has 2 aromatic rings. The maximum absolute atomic E-state index is 12.4. The van der Waals surface area contributed by atoms with E-state index in [4.69, 9.17) is 4.74 Å². The van der Waals surface area contributed by atoms with Crippen LogP contribution in [-0.4, -0.2) is 39.3 Å². The molecule has 0 fully saturated rings. The van der Waals surface area contributed by atoms with E-state index < -0.39 is 10.0 Å². The first kappa shape index (κ1) is 17.5. The van der Waals surface area contributed by atoms with Crippen LogP contribution in [0.1, 0.15) is 16.6 Å². The Hall–Kier alpha value is -1.90. The molecule has 0 unspecified atom stereocenters. The molecule has 1 heterocycles. The number of benzene rings is 1. The number of rotatable bonds is 6. The second-order valence-electron chi connectivity index (χ2n) is 4.81. The van der Waals surface area contributed by atoms with Gasteiger partial charge in [-0.25, -0.2) is 12.7 Å². The van der Waals surface area contributed by atoms with Crippen molar-refractivity contribution in [3.8, 4) is 5.75 Å². The minimum Gasteiger partial charge on any atom is -0.492 e. The lowest BCUT2D eigenvalue weighted by molar-refractivity contribution is 0.103. The van der Waals surface area contributed by atoms with Crippen molar-refractivity contribution in [1.82, 2.24) is 4.31 Å². The topological polar surface area (TPSA) is 75.7 Å². The van der Waals surface area contributed by atoms with E-state index in [2.05, 4.69) is 5.32 Å². The lowest BCUT2D eigenvalue weighted by Gasteiger charge is -2.16. The fraction of sp³-hybridized carbons (Fsp3) is 0.267. The molecular formula is C15H18N2O4S2. The number of hydrogen-bond donors (Lipinski definition) is 1. The van der Waals surface area contributed by atoms with Gasteiger partial charge in [-0.2, -0.15) is 0 Å². The van der Waals surface area contributed by atoms with Gasteiger partial charge < -0.3 is 10.1 Å². The molecule has 0 radical (unpaired) electrons. The maximum atomic E-state index is 12.4. The van der Waals surface area contributed by atoms with Gasteiger partial charge in [-0.3, -0.25) is 4.79 Å². The average Bonchev–Trinajstić information content (AvgIpc) is 3.03. The summed E-state index contributed by atoms with van der Waals surface area (Å²) >= 11 is 1.31. The largest absolute Gasteiger partial charge is 0.492 e. The number of nitrogens with zero attached hydrogens (tertiary/aromatic N) is 1. The predicted molar refractivity (Wildman–Crippen MR) is 90.8 cm³/mol. The number of anilines is 1. The second-order valence-corrected chi connectivity index (χ2v) is 7.88. The molecule has 23 heavy (non-hydrogen) atoms. The molecule has 0 atom stereocenters. The van der Waals surface area contributed by atoms with Crippen LogP contribution in [0.3, 0.4) is 0 Å². The van der Waals surface area contributed by atoms with E-state index in [0.717, 1.165) is 4.31 Å². The molecular weight excluding hydrogens is 336 g/mol. The van der Waals surface area contributed by atoms with Crippen molar-refractivity contribution in [2.24, 2.45) is 0 Å². The minimum absolute atomic E-state index is 0.0216. The average molecular weight is 354 g/mol. The van der Waals surface area contributed by atoms with Gasteiger partial charge in [0.05, 0.1) is 11.5 Å². The summed E-state index contributed by atoms with van der Waals surface area (Å²) in [5.74, 6) is -0.0207. The highest BCUT2D eigenvalue weighted by Crippen LogP contribution is 2.29. The van der Waals surface area contributed by atoms with Crippen molar-refractivity contribution in [3.63, 3.8) is 0 Å². The Labute approximate surface area is 139 Å². The summed E-state index contributed by atoms with van der Waals surface area (Å²) < 4.78 is 31.4. The minimum atomic E-state index is -3.68. The van der Waals surface area contributed by atoms with Crippen molar-refractivity contribution in [2.75, 3.05) is 26.0 Å². The molecule has 0 saturated carbocycles. The Kier molecular flexibility index (Phi) is 5.40. The van der Waals surface area contributed by atoms with Crippen LogP contribution >= 0.6 is 11.3 Å². The number of carbonyl (C=O) groups is 1. The van der Waals surface area contributed by atoms with Crippen LogP contribution < -0.4 is 10.1 Å². The number of sulfonamides is 1. The first-order chi connectivity index (χ1) is 10.9. The second kappa shape index (κ2) is 7.12. The van der Waals surface area contributed by atoms with Crippen LogP contribution in [0.15, 0.2) is 40.6 Å². The third-order valence-corrected chi connectivity index (χ3v) is 5.71. The first-order valence-corrected chi connectivity index (χ1v) is 9.22. The zero-order valence-electron chi connectivity index (χ0n) is 13.1. The number of ether oxygens (including phenoxy) is 1. The molecule has 6 nitrogen and oxygen atoms in total. The molecule has 8 heteroatoms. The highest BCUT2D eigenvalue weighted by molar-refractivity contribution is 7.89. The Balaban J connectivity index is 2.38. The molecule has 124 valence electrons. The fourth-order valence-corrected chi connectivity index (χ4v) is 3.53.